The lowest BCUT2D eigenvalue weighted by atomic mass is 10.1. The highest BCUT2D eigenvalue weighted by atomic mass is 32.2. The number of fused-ring (bicyclic) bond motifs is 6. The fraction of sp³-hybridized carbons (Fsp3) is 0. The van der Waals surface area contributed by atoms with Crippen molar-refractivity contribution in [2.24, 2.45) is 0 Å². The Morgan fingerprint density at radius 3 is 1.57 bits per heavy atom. The van der Waals surface area contributed by atoms with Crippen molar-refractivity contribution in [3.05, 3.63) is 176 Å². The van der Waals surface area contributed by atoms with Crippen LogP contribution in [0.4, 0.5) is 17.1 Å². The average Bonchev–Trinajstić information content (AvgIpc) is 3.44. The number of rotatable bonds is 5. The molecule has 0 fully saturated rings. The summed E-state index contributed by atoms with van der Waals surface area (Å²) in [4.78, 5) is 7.78. The quantitative estimate of drug-likeness (QED) is 0.173. The number of hydrogen-bond donors (Lipinski definition) is 0. The van der Waals surface area contributed by atoms with Gasteiger partial charge in [-0.15, -0.1) is 0 Å². The van der Waals surface area contributed by atoms with Crippen LogP contribution in [0.1, 0.15) is 0 Å². The summed E-state index contributed by atoms with van der Waals surface area (Å²) < 4.78 is 0. The molecule has 0 bridgehead atoms. The Hall–Kier alpha value is -4.74. The third-order valence-electron chi connectivity index (χ3n) is 9.20. The Labute approximate surface area is 279 Å². The van der Waals surface area contributed by atoms with Crippen LogP contribution in [0.5, 0.6) is 0 Å². The zero-order valence-corrected chi connectivity index (χ0v) is 27.6. The van der Waals surface area contributed by atoms with E-state index < -0.39 is 8.07 Å². The maximum absolute atomic E-state index is 2.63. The third-order valence-corrected chi connectivity index (χ3v) is 16.7. The predicted molar refractivity (Wildman–Crippen MR) is 198 cm³/mol. The van der Waals surface area contributed by atoms with E-state index >= 15 is 0 Å². The molecule has 0 saturated heterocycles. The number of hydrogen-bond acceptors (Lipinski definition) is 3. The average molecular weight is 640 g/mol. The van der Waals surface area contributed by atoms with Crippen LogP contribution >= 0.6 is 23.5 Å². The first kappa shape index (κ1) is 27.6. The van der Waals surface area contributed by atoms with E-state index in [4.69, 9.17) is 0 Å². The summed E-state index contributed by atoms with van der Waals surface area (Å²) in [7, 11) is -2.63. The summed E-state index contributed by atoms with van der Waals surface area (Å²) in [5, 5.41) is 5.79. The number of nitrogens with zero attached hydrogens (tertiary/aromatic N) is 1. The van der Waals surface area contributed by atoms with Gasteiger partial charge < -0.3 is 4.90 Å². The molecule has 218 valence electrons. The largest absolute Gasteiger partial charge is 0.311 e. The first-order valence-electron chi connectivity index (χ1n) is 15.6. The topological polar surface area (TPSA) is 3.24 Å². The van der Waals surface area contributed by atoms with Gasteiger partial charge in [0.15, 0.2) is 8.07 Å². The smallest absolute Gasteiger partial charge is 0.180 e. The van der Waals surface area contributed by atoms with Gasteiger partial charge in [-0.3, -0.25) is 0 Å². The molecule has 7 aromatic carbocycles. The number of benzene rings is 7. The maximum atomic E-state index is 2.46. The van der Waals surface area contributed by atoms with E-state index in [1.165, 1.54) is 51.5 Å². The van der Waals surface area contributed by atoms with Crippen molar-refractivity contribution in [1.82, 2.24) is 0 Å². The molecule has 2 aliphatic rings. The van der Waals surface area contributed by atoms with Gasteiger partial charge in [-0.25, -0.2) is 0 Å². The molecular formula is C42H29NS2Si. The minimum Gasteiger partial charge on any atom is -0.311 e. The van der Waals surface area contributed by atoms with Gasteiger partial charge in [0.05, 0.1) is 0 Å². The van der Waals surface area contributed by atoms with Crippen LogP contribution in [0.15, 0.2) is 196 Å². The highest BCUT2D eigenvalue weighted by molar-refractivity contribution is 8.05. The van der Waals surface area contributed by atoms with Crippen LogP contribution in [0, 0.1) is 0 Å². The highest BCUT2D eigenvalue weighted by Gasteiger charge is 2.50. The molecule has 46 heavy (non-hydrogen) atoms. The Morgan fingerprint density at radius 1 is 0.370 bits per heavy atom. The first-order chi connectivity index (χ1) is 22.8. The molecule has 0 spiro atoms. The van der Waals surface area contributed by atoms with Gasteiger partial charge in [0.2, 0.25) is 0 Å². The van der Waals surface area contributed by atoms with E-state index in [9.17, 15) is 0 Å². The van der Waals surface area contributed by atoms with Gasteiger partial charge in [0.25, 0.3) is 0 Å². The second-order valence-electron chi connectivity index (χ2n) is 11.7. The Balaban J connectivity index is 1.27. The molecule has 7 aromatic rings. The lowest BCUT2D eigenvalue weighted by Crippen LogP contribution is -2.72. The van der Waals surface area contributed by atoms with Gasteiger partial charge in [-0.2, -0.15) is 0 Å². The molecule has 0 aliphatic carbocycles. The number of para-hydroxylation sites is 2. The molecule has 0 amide bonds. The van der Waals surface area contributed by atoms with Gasteiger partial charge in [-0.05, 0) is 86.5 Å². The maximum Gasteiger partial charge on any atom is 0.180 e. The van der Waals surface area contributed by atoms with Crippen molar-refractivity contribution in [3.8, 4) is 11.1 Å². The van der Waals surface area contributed by atoms with E-state index in [1.807, 2.05) is 23.5 Å². The van der Waals surface area contributed by atoms with Crippen LogP contribution in [-0.2, 0) is 0 Å². The van der Waals surface area contributed by atoms with Crippen LogP contribution in [0.25, 0.3) is 11.1 Å². The minimum atomic E-state index is -2.63. The van der Waals surface area contributed by atoms with E-state index in [0.29, 0.717) is 0 Å². The summed E-state index contributed by atoms with van der Waals surface area (Å²) in [5.41, 5.74) is 6.26. The summed E-state index contributed by atoms with van der Waals surface area (Å²) in [6.07, 6.45) is 0. The third kappa shape index (κ3) is 4.25. The standard InChI is InChI=1S/C42H29NS2Si/c1-4-14-30(15-5-1)43(31-16-6-2-7-17-31)32-24-26-34(27-25-32)46(33-18-8-3-9-19-33)39-23-13-10-20-35(39)41-40(46)29-28-38-42(41)45-37-22-12-11-21-36(37)44-38/h1-29H. The van der Waals surface area contributed by atoms with Gasteiger partial charge in [0, 0.05) is 36.6 Å². The van der Waals surface area contributed by atoms with Crippen molar-refractivity contribution in [3.63, 3.8) is 0 Å². The Morgan fingerprint density at radius 2 is 0.891 bits per heavy atom. The molecule has 1 atom stereocenters. The summed E-state index contributed by atoms with van der Waals surface area (Å²) in [5.74, 6) is 0. The molecule has 1 nitrogen and oxygen atoms in total. The van der Waals surface area contributed by atoms with E-state index in [2.05, 4.69) is 181 Å². The Kier molecular flexibility index (Phi) is 6.74. The van der Waals surface area contributed by atoms with Crippen molar-refractivity contribution in [1.29, 1.82) is 0 Å². The van der Waals surface area contributed by atoms with Crippen LogP contribution in [-0.4, -0.2) is 8.07 Å². The predicted octanol–water partition coefficient (Wildman–Crippen LogP) is 9.13. The van der Waals surface area contributed by atoms with Crippen LogP contribution in [0.2, 0.25) is 0 Å². The monoisotopic (exact) mass is 639 g/mol. The molecule has 2 aliphatic heterocycles. The fourth-order valence-electron chi connectivity index (χ4n) is 7.28. The van der Waals surface area contributed by atoms with Crippen molar-refractivity contribution >= 4 is 69.4 Å². The molecule has 9 rings (SSSR count). The zero-order valence-electron chi connectivity index (χ0n) is 25.0. The van der Waals surface area contributed by atoms with E-state index in [1.54, 1.807) is 0 Å². The van der Waals surface area contributed by atoms with Crippen LogP contribution < -0.4 is 25.6 Å². The van der Waals surface area contributed by atoms with E-state index in [0.717, 1.165) is 17.1 Å². The molecule has 0 aromatic heterocycles. The normalized spacial score (nSPS) is 15.7. The lowest BCUT2D eigenvalue weighted by Gasteiger charge is -2.32. The minimum absolute atomic E-state index is 1.15. The van der Waals surface area contributed by atoms with Crippen molar-refractivity contribution in [2.75, 3.05) is 4.90 Å². The summed E-state index contributed by atoms with van der Waals surface area (Å²) in [6.45, 7) is 0. The molecule has 1 unspecified atom stereocenters. The van der Waals surface area contributed by atoms with Gasteiger partial charge >= 0.3 is 0 Å². The Bertz CT molecular complexity index is 2160. The first-order valence-corrected chi connectivity index (χ1v) is 19.2. The summed E-state index contributed by atoms with van der Waals surface area (Å²) >= 11 is 3.84. The molecule has 0 radical (unpaired) electrons. The van der Waals surface area contributed by atoms with Crippen LogP contribution in [0.3, 0.4) is 0 Å². The molecule has 4 heteroatoms. The van der Waals surface area contributed by atoms with Gasteiger partial charge in [-0.1, -0.05) is 145 Å². The molecular weight excluding hydrogens is 611 g/mol. The van der Waals surface area contributed by atoms with Crippen molar-refractivity contribution < 1.29 is 0 Å². The zero-order chi connectivity index (χ0) is 30.5. The lowest BCUT2D eigenvalue weighted by molar-refractivity contribution is 1.17. The van der Waals surface area contributed by atoms with Gasteiger partial charge in [0.1, 0.15) is 0 Å². The molecule has 0 saturated carbocycles. The SMILES string of the molecule is c1ccc(N(c2ccccc2)c2ccc([Si]3(c4ccccc4)c4ccccc4-c4c3ccc3c4Sc4ccccc4S3)cc2)cc1. The fourth-order valence-corrected chi connectivity index (χ4v) is 14.9. The summed E-state index contributed by atoms with van der Waals surface area (Å²) in [6, 6.07) is 65.0. The second-order valence-corrected chi connectivity index (χ2v) is 17.5. The molecule has 2 heterocycles. The second kappa shape index (κ2) is 11.3. The highest BCUT2D eigenvalue weighted by Crippen LogP contribution is 2.52. The van der Waals surface area contributed by atoms with Crippen molar-refractivity contribution in [2.45, 2.75) is 19.6 Å². The number of anilines is 3. The van der Waals surface area contributed by atoms with E-state index in [-0.39, 0.29) is 0 Å². The molecule has 0 N–H and O–H groups in total.